The van der Waals surface area contributed by atoms with Crippen LogP contribution >= 0.6 is 0 Å². The summed E-state index contributed by atoms with van der Waals surface area (Å²) in [6, 6.07) is 0.512. The zero-order valence-electron chi connectivity index (χ0n) is 15.1. The maximum Gasteiger partial charge on any atom is 0.109 e. The molecule has 0 aliphatic carbocycles. The summed E-state index contributed by atoms with van der Waals surface area (Å²) in [7, 11) is 4.30. The van der Waals surface area contributed by atoms with Crippen LogP contribution in [-0.2, 0) is 4.74 Å². The lowest BCUT2D eigenvalue weighted by molar-refractivity contribution is -0.0222. The Hall–Kier alpha value is -0.280. The number of likely N-dealkylation sites (tertiary alicyclic amines) is 1. The first-order valence-electron chi connectivity index (χ1n) is 9.37. The first-order valence-corrected chi connectivity index (χ1v) is 9.37. The highest BCUT2D eigenvalue weighted by Crippen LogP contribution is 2.26. The summed E-state index contributed by atoms with van der Waals surface area (Å²) < 4.78 is 6.00. The molecule has 4 unspecified atom stereocenters. The fourth-order valence-electron chi connectivity index (χ4n) is 4.21. The van der Waals surface area contributed by atoms with Crippen molar-refractivity contribution in [3.63, 3.8) is 0 Å². The monoisotopic (exact) mass is 342 g/mol. The molecule has 3 heterocycles. The third-order valence-electron chi connectivity index (χ3n) is 5.93. The number of nitrogens with zero attached hydrogens (tertiary/aromatic N) is 3. The molecular weight excluding hydrogens is 308 g/mol. The minimum Gasteiger partial charge on any atom is -0.394 e. The minimum absolute atomic E-state index is 0.0189. The molecule has 24 heavy (non-hydrogen) atoms. The number of aliphatic hydroxyl groups excluding tert-OH is 2. The summed E-state index contributed by atoms with van der Waals surface area (Å²) in [6.45, 7) is 6.83. The van der Waals surface area contributed by atoms with E-state index in [1.54, 1.807) is 0 Å². The van der Waals surface area contributed by atoms with Gasteiger partial charge >= 0.3 is 0 Å². The van der Waals surface area contributed by atoms with Crippen LogP contribution < -0.4 is 5.32 Å². The molecule has 7 heteroatoms. The van der Waals surface area contributed by atoms with Crippen molar-refractivity contribution in [1.82, 2.24) is 20.0 Å². The molecule has 3 fully saturated rings. The van der Waals surface area contributed by atoms with Gasteiger partial charge in [0.05, 0.1) is 18.8 Å². The highest BCUT2D eigenvalue weighted by molar-refractivity contribution is 4.99. The number of likely N-dealkylation sites (N-methyl/N-ethyl adjacent to an activating group) is 1. The van der Waals surface area contributed by atoms with Crippen molar-refractivity contribution in [2.45, 2.75) is 43.2 Å². The summed E-state index contributed by atoms with van der Waals surface area (Å²) in [5.41, 5.74) is 0. The van der Waals surface area contributed by atoms with Crippen LogP contribution in [0.5, 0.6) is 0 Å². The number of piperazine rings is 1. The van der Waals surface area contributed by atoms with Gasteiger partial charge in [-0.15, -0.1) is 0 Å². The van der Waals surface area contributed by atoms with Gasteiger partial charge in [-0.3, -0.25) is 4.90 Å². The third-order valence-corrected chi connectivity index (χ3v) is 5.93. The van der Waals surface area contributed by atoms with E-state index in [0.717, 1.165) is 58.7 Å². The lowest BCUT2D eigenvalue weighted by atomic mass is 10.0. The van der Waals surface area contributed by atoms with E-state index in [4.69, 9.17) is 4.74 Å². The van der Waals surface area contributed by atoms with Crippen molar-refractivity contribution in [2.75, 3.05) is 66.5 Å². The van der Waals surface area contributed by atoms with Crippen LogP contribution in [0.3, 0.4) is 0 Å². The van der Waals surface area contributed by atoms with Gasteiger partial charge in [0.1, 0.15) is 12.2 Å². The molecule has 3 aliphatic heterocycles. The number of nitrogens with one attached hydrogen (secondary N) is 1. The van der Waals surface area contributed by atoms with Crippen LogP contribution in [-0.4, -0.2) is 122 Å². The largest absolute Gasteiger partial charge is 0.394 e. The number of ether oxygens (including phenoxy) is 1. The Morgan fingerprint density at radius 2 is 1.58 bits per heavy atom. The zero-order chi connectivity index (χ0) is 17.1. The Labute approximate surface area is 145 Å². The normalized spacial score (nSPS) is 38.0. The van der Waals surface area contributed by atoms with Crippen molar-refractivity contribution in [3.05, 3.63) is 0 Å². The highest BCUT2D eigenvalue weighted by atomic mass is 16.5. The average Bonchev–Trinajstić information content (AvgIpc) is 2.91. The van der Waals surface area contributed by atoms with Crippen LogP contribution in [0.15, 0.2) is 0 Å². The predicted molar refractivity (Wildman–Crippen MR) is 93.1 cm³/mol. The van der Waals surface area contributed by atoms with Gasteiger partial charge in [-0.05, 0) is 40.0 Å². The summed E-state index contributed by atoms with van der Waals surface area (Å²) >= 11 is 0. The van der Waals surface area contributed by atoms with E-state index in [1.807, 2.05) is 0 Å². The number of aliphatic hydroxyl groups is 2. The van der Waals surface area contributed by atoms with Gasteiger partial charge in [-0.25, -0.2) is 0 Å². The van der Waals surface area contributed by atoms with Gasteiger partial charge in [0, 0.05) is 38.8 Å². The molecule has 0 aromatic carbocycles. The molecule has 7 nitrogen and oxygen atoms in total. The van der Waals surface area contributed by atoms with Crippen molar-refractivity contribution >= 4 is 0 Å². The molecule has 3 saturated heterocycles. The van der Waals surface area contributed by atoms with E-state index in [1.165, 1.54) is 0 Å². The molecule has 3 N–H and O–H groups in total. The fraction of sp³-hybridized carbons (Fsp3) is 1.00. The van der Waals surface area contributed by atoms with E-state index < -0.39 is 12.2 Å². The average molecular weight is 342 g/mol. The molecule has 0 aromatic heterocycles. The van der Waals surface area contributed by atoms with E-state index in [0.29, 0.717) is 6.04 Å². The highest BCUT2D eigenvalue weighted by Gasteiger charge is 2.46. The Bertz CT molecular complexity index is 384. The van der Waals surface area contributed by atoms with E-state index >= 15 is 0 Å². The SMILES string of the molecule is CN1CCC(NCC2OC(CO)C(O)C2N2CCN(C)CC2)CC1. The smallest absolute Gasteiger partial charge is 0.109 e. The van der Waals surface area contributed by atoms with Crippen molar-refractivity contribution in [1.29, 1.82) is 0 Å². The predicted octanol–water partition coefficient (Wildman–Crippen LogP) is -1.59. The number of hydrogen-bond donors (Lipinski definition) is 3. The topological polar surface area (TPSA) is 71.4 Å². The summed E-state index contributed by atoms with van der Waals surface area (Å²) in [6.07, 6.45) is 1.20. The molecule has 0 radical (unpaired) electrons. The first-order chi connectivity index (χ1) is 11.6. The number of piperidine rings is 1. The second kappa shape index (κ2) is 8.40. The Kier molecular flexibility index (Phi) is 6.48. The molecule has 0 spiro atoms. The third kappa shape index (κ3) is 4.27. The Morgan fingerprint density at radius 3 is 2.21 bits per heavy atom. The first kappa shape index (κ1) is 18.5. The number of hydrogen-bond acceptors (Lipinski definition) is 7. The van der Waals surface area contributed by atoms with E-state index in [2.05, 4.69) is 34.1 Å². The van der Waals surface area contributed by atoms with Crippen molar-refractivity contribution < 1.29 is 14.9 Å². The minimum atomic E-state index is -0.609. The molecule has 3 rings (SSSR count). The van der Waals surface area contributed by atoms with Gasteiger partial charge < -0.3 is 30.1 Å². The molecular formula is C17H34N4O3. The number of rotatable bonds is 5. The van der Waals surface area contributed by atoms with Crippen LogP contribution in [0.2, 0.25) is 0 Å². The molecule has 0 amide bonds. The van der Waals surface area contributed by atoms with Gasteiger partial charge in [0.2, 0.25) is 0 Å². The zero-order valence-corrected chi connectivity index (χ0v) is 15.1. The molecule has 140 valence electrons. The lowest BCUT2D eigenvalue weighted by Gasteiger charge is -2.39. The van der Waals surface area contributed by atoms with E-state index in [9.17, 15) is 10.2 Å². The maximum atomic E-state index is 10.6. The summed E-state index contributed by atoms with van der Waals surface area (Å²) in [5.74, 6) is 0. The molecule has 0 bridgehead atoms. The van der Waals surface area contributed by atoms with E-state index in [-0.39, 0.29) is 18.8 Å². The van der Waals surface area contributed by atoms with Gasteiger partial charge in [-0.1, -0.05) is 0 Å². The second-order valence-electron chi connectivity index (χ2n) is 7.70. The van der Waals surface area contributed by atoms with Gasteiger partial charge in [0.25, 0.3) is 0 Å². The van der Waals surface area contributed by atoms with Crippen LogP contribution in [0.1, 0.15) is 12.8 Å². The molecule has 0 aromatic rings. The quantitative estimate of drug-likeness (QED) is 0.556. The second-order valence-corrected chi connectivity index (χ2v) is 7.70. The fourth-order valence-corrected chi connectivity index (χ4v) is 4.21. The Morgan fingerprint density at radius 1 is 0.958 bits per heavy atom. The standard InChI is InChI=1S/C17H34N4O3/c1-19-5-3-13(4-6-19)18-11-14-16(17(23)15(12-22)24-14)21-9-7-20(2)8-10-21/h13-18,22-23H,3-12H2,1-2H3. The van der Waals surface area contributed by atoms with Crippen LogP contribution in [0, 0.1) is 0 Å². The summed E-state index contributed by atoms with van der Waals surface area (Å²) in [4.78, 5) is 7.03. The maximum absolute atomic E-state index is 10.6. The molecule has 3 aliphatic rings. The van der Waals surface area contributed by atoms with Crippen LogP contribution in [0.4, 0.5) is 0 Å². The molecule has 0 saturated carbocycles. The Balaban J connectivity index is 1.56. The molecule has 4 atom stereocenters. The van der Waals surface area contributed by atoms with Gasteiger partial charge in [0.15, 0.2) is 0 Å². The van der Waals surface area contributed by atoms with Crippen molar-refractivity contribution in [3.8, 4) is 0 Å². The van der Waals surface area contributed by atoms with Crippen LogP contribution in [0.25, 0.3) is 0 Å². The summed E-state index contributed by atoms with van der Waals surface area (Å²) in [5, 5.41) is 23.8. The van der Waals surface area contributed by atoms with Gasteiger partial charge in [-0.2, -0.15) is 0 Å². The lowest BCUT2D eigenvalue weighted by Crippen LogP contribution is -2.57. The van der Waals surface area contributed by atoms with Crippen molar-refractivity contribution in [2.24, 2.45) is 0 Å².